The van der Waals surface area contributed by atoms with Crippen LogP contribution in [0.3, 0.4) is 0 Å². The summed E-state index contributed by atoms with van der Waals surface area (Å²) < 4.78 is 6.81. The van der Waals surface area contributed by atoms with Crippen LogP contribution in [0.25, 0.3) is 34.0 Å². The summed E-state index contributed by atoms with van der Waals surface area (Å²) in [6, 6.07) is 7.71. The van der Waals surface area contributed by atoms with Crippen LogP contribution in [0.5, 0.6) is 0 Å². The molecule has 0 saturated carbocycles. The van der Waals surface area contributed by atoms with Crippen LogP contribution in [0.4, 0.5) is 0 Å². The summed E-state index contributed by atoms with van der Waals surface area (Å²) in [5, 5.41) is 20.1. The molecule has 4 heterocycles. The standard InChI is InChI=1S/C17H16N8O2/c26-14(24-7-3-4-8-24)10-25-9-13(20-23-25)17-18-16(22-27-17)15-11-5-1-2-6-12(11)19-21-15/h1-2,5-6,9H,3-4,7-8,10H2,(H,19,21). The summed E-state index contributed by atoms with van der Waals surface area (Å²) in [4.78, 5) is 18.4. The fourth-order valence-electron chi connectivity index (χ4n) is 3.24. The Labute approximate surface area is 153 Å². The molecule has 0 unspecified atom stereocenters. The van der Waals surface area contributed by atoms with Crippen LogP contribution in [0, 0.1) is 0 Å². The third kappa shape index (κ3) is 2.84. The SMILES string of the molecule is O=C(Cn1cc(-c2nc(-c3n[nH]c4ccccc34)no2)nn1)N1CCCC1. The molecule has 1 N–H and O–H groups in total. The Balaban J connectivity index is 1.37. The number of nitrogens with zero attached hydrogens (tertiary/aromatic N) is 7. The Hall–Kier alpha value is -3.56. The quantitative estimate of drug-likeness (QED) is 0.583. The highest BCUT2D eigenvalue weighted by atomic mass is 16.5. The second-order valence-electron chi connectivity index (χ2n) is 6.43. The van der Waals surface area contributed by atoms with Crippen molar-refractivity contribution < 1.29 is 9.32 Å². The van der Waals surface area contributed by atoms with Gasteiger partial charge in [0.15, 0.2) is 5.69 Å². The van der Waals surface area contributed by atoms with Gasteiger partial charge in [0.25, 0.3) is 5.89 Å². The molecule has 0 aliphatic carbocycles. The number of rotatable bonds is 4. The molecular formula is C17H16N8O2. The maximum Gasteiger partial charge on any atom is 0.280 e. The summed E-state index contributed by atoms with van der Waals surface area (Å²) in [5.74, 6) is 0.639. The number of aromatic nitrogens is 7. The van der Waals surface area contributed by atoms with Crippen molar-refractivity contribution in [3.8, 4) is 23.1 Å². The summed E-state index contributed by atoms with van der Waals surface area (Å²) in [7, 11) is 0. The number of hydrogen-bond donors (Lipinski definition) is 1. The van der Waals surface area contributed by atoms with E-state index in [1.807, 2.05) is 29.2 Å². The number of fused-ring (bicyclic) bond motifs is 1. The Kier molecular flexibility index (Phi) is 3.66. The van der Waals surface area contributed by atoms with Gasteiger partial charge < -0.3 is 9.42 Å². The Bertz CT molecular complexity index is 1110. The Morgan fingerprint density at radius 2 is 2.07 bits per heavy atom. The van der Waals surface area contributed by atoms with Gasteiger partial charge in [-0.15, -0.1) is 5.10 Å². The van der Waals surface area contributed by atoms with Crippen LogP contribution in [0.1, 0.15) is 12.8 Å². The van der Waals surface area contributed by atoms with E-state index in [4.69, 9.17) is 4.52 Å². The minimum absolute atomic E-state index is 0.0400. The summed E-state index contributed by atoms with van der Waals surface area (Å²) in [5.41, 5.74) is 1.92. The van der Waals surface area contributed by atoms with Crippen molar-refractivity contribution in [1.29, 1.82) is 0 Å². The number of aromatic amines is 1. The number of carbonyl (C=O) groups is 1. The third-order valence-corrected chi connectivity index (χ3v) is 4.62. The van der Waals surface area contributed by atoms with E-state index in [2.05, 4.69) is 30.7 Å². The van der Waals surface area contributed by atoms with Crippen molar-refractivity contribution in [2.75, 3.05) is 13.1 Å². The van der Waals surface area contributed by atoms with Crippen molar-refractivity contribution in [1.82, 2.24) is 40.2 Å². The molecule has 1 aromatic carbocycles. The largest absolute Gasteiger partial charge is 0.341 e. The van der Waals surface area contributed by atoms with Crippen molar-refractivity contribution >= 4 is 16.8 Å². The van der Waals surface area contributed by atoms with Crippen molar-refractivity contribution in [2.45, 2.75) is 19.4 Å². The second-order valence-corrected chi connectivity index (χ2v) is 6.43. The molecular weight excluding hydrogens is 348 g/mol. The number of likely N-dealkylation sites (tertiary alicyclic amines) is 1. The lowest BCUT2D eigenvalue weighted by atomic mass is 10.2. The molecule has 27 heavy (non-hydrogen) atoms. The highest BCUT2D eigenvalue weighted by Crippen LogP contribution is 2.25. The topological polar surface area (TPSA) is 119 Å². The molecule has 1 aliphatic heterocycles. The van der Waals surface area contributed by atoms with E-state index in [0.29, 0.717) is 17.2 Å². The molecule has 10 heteroatoms. The monoisotopic (exact) mass is 364 g/mol. The van der Waals surface area contributed by atoms with E-state index in [0.717, 1.165) is 36.8 Å². The molecule has 10 nitrogen and oxygen atoms in total. The number of amides is 1. The van der Waals surface area contributed by atoms with E-state index in [1.54, 1.807) is 6.20 Å². The van der Waals surface area contributed by atoms with Gasteiger partial charge in [0, 0.05) is 18.5 Å². The molecule has 0 atom stereocenters. The number of para-hydroxylation sites is 1. The van der Waals surface area contributed by atoms with Gasteiger partial charge in [0.1, 0.15) is 12.2 Å². The molecule has 1 saturated heterocycles. The van der Waals surface area contributed by atoms with Gasteiger partial charge in [-0.3, -0.25) is 9.89 Å². The number of benzene rings is 1. The normalized spacial score (nSPS) is 14.3. The molecule has 136 valence electrons. The van der Waals surface area contributed by atoms with Gasteiger partial charge in [-0.25, -0.2) is 4.68 Å². The molecule has 1 aliphatic rings. The van der Waals surface area contributed by atoms with Crippen molar-refractivity contribution in [2.24, 2.45) is 0 Å². The highest BCUT2D eigenvalue weighted by Gasteiger charge is 2.21. The molecule has 1 fully saturated rings. The lowest BCUT2D eigenvalue weighted by Crippen LogP contribution is -2.31. The fraction of sp³-hybridized carbons (Fsp3) is 0.294. The number of carbonyl (C=O) groups excluding carboxylic acids is 1. The molecule has 0 radical (unpaired) electrons. The lowest BCUT2D eigenvalue weighted by Gasteiger charge is -2.14. The van der Waals surface area contributed by atoms with Crippen LogP contribution in [0.15, 0.2) is 35.0 Å². The van der Waals surface area contributed by atoms with E-state index < -0.39 is 0 Å². The van der Waals surface area contributed by atoms with Crippen LogP contribution < -0.4 is 0 Å². The molecule has 5 rings (SSSR count). The maximum absolute atomic E-state index is 12.2. The van der Waals surface area contributed by atoms with Gasteiger partial charge in [-0.1, -0.05) is 28.6 Å². The maximum atomic E-state index is 12.2. The third-order valence-electron chi connectivity index (χ3n) is 4.62. The van der Waals surface area contributed by atoms with Crippen LogP contribution in [-0.4, -0.2) is 59.2 Å². The first-order chi connectivity index (χ1) is 13.3. The number of nitrogens with one attached hydrogen (secondary N) is 1. The van der Waals surface area contributed by atoms with Crippen LogP contribution in [-0.2, 0) is 11.3 Å². The molecule has 3 aromatic heterocycles. The first kappa shape index (κ1) is 15.7. The van der Waals surface area contributed by atoms with Gasteiger partial charge in [-0.05, 0) is 18.9 Å². The Morgan fingerprint density at radius 3 is 2.96 bits per heavy atom. The minimum Gasteiger partial charge on any atom is -0.341 e. The molecule has 1 amide bonds. The van der Waals surface area contributed by atoms with Crippen LogP contribution >= 0.6 is 0 Å². The van der Waals surface area contributed by atoms with Crippen molar-refractivity contribution in [3.63, 3.8) is 0 Å². The van der Waals surface area contributed by atoms with E-state index in [9.17, 15) is 4.79 Å². The average Bonchev–Trinajstić information content (AvgIpc) is 3.46. The summed E-state index contributed by atoms with van der Waals surface area (Å²) in [6.07, 6.45) is 3.75. The molecule has 0 spiro atoms. The van der Waals surface area contributed by atoms with Gasteiger partial charge in [0.05, 0.1) is 11.7 Å². The van der Waals surface area contributed by atoms with Gasteiger partial charge in [-0.2, -0.15) is 10.1 Å². The summed E-state index contributed by atoms with van der Waals surface area (Å²) >= 11 is 0. The second kappa shape index (κ2) is 6.31. The average molecular weight is 364 g/mol. The van der Waals surface area contributed by atoms with Gasteiger partial charge in [0.2, 0.25) is 11.7 Å². The summed E-state index contributed by atoms with van der Waals surface area (Å²) in [6.45, 7) is 1.77. The smallest absolute Gasteiger partial charge is 0.280 e. The van der Waals surface area contributed by atoms with Gasteiger partial charge >= 0.3 is 0 Å². The Morgan fingerprint density at radius 1 is 1.22 bits per heavy atom. The molecule has 0 bridgehead atoms. The van der Waals surface area contributed by atoms with Crippen molar-refractivity contribution in [3.05, 3.63) is 30.5 Å². The lowest BCUT2D eigenvalue weighted by molar-refractivity contribution is -0.130. The number of H-pyrrole nitrogens is 1. The minimum atomic E-state index is 0.0400. The van der Waals surface area contributed by atoms with E-state index in [1.165, 1.54) is 4.68 Å². The van der Waals surface area contributed by atoms with E-state index in [-0.39, 0.29) is 18.3 Å². The predicted molar refractivity (Wildman–Crippen MR) is 94.2 cm³/mol. The van der Waals surface area contributed by atoms with Crippen LogP contribution in [0.2, 0.25) is 0 Å². The fourth-order valence-corrected chi connectivity index (χ4v) is 3.24. The first-order valence-electron chi connectivity index (χ1n) is 8.73. The van der Waals surface area contributed by atoms with E-state index >= 15 is 0 Å². The zero-order valence-corrected chi connectivity index (χ0v) is 14.4. The zero-order valence-electron chi connectivity index (χ0n) is 14.4. The number of hydrogen-bond acceptors (Lipinski definition) is 7. The first-order valence-corrected chi connectivity index (χ1v) is 8.73. The predicted octanol–water partition coefficient (Wildman–Crippen LogP) is 1.49. The molecule has 4 aromatic rings. The highest BCUT2D eigenvalue weighted by molar-refractivity contribution is 5.91. The zero-order chi connectivity index (χ0) is 18.2.